The van der Waals surface area contributed by atoms with Crippen molar-refractivity contribution >= 4 is 65.0 Å². The van der Waals surface area contributed by atoms with Gasteiger partial charge in [0.05, 0.1) is 15.1 Å². The van der Waals surface area contributed by atoms with Crippen LogP contribution in [0.1, 0.15) is 21.7 Å². The minimum absolute atomic E-state index is 0.188. The summed E-state index contributed by atoms with van der Waals surface area (Å²) in [6.07, 6.45) is 1.15. The summed E-state index contributed by atoms with van der Waals surface area (Å²) in [6.45, 7) is 3.66. The first-order valence-corrected chi connectivity index (χ1v) is 11.3. The quantitative estimate of drug-likeness (QED) is 0.491. The van der Waals surface area contributed by atoms with Crippen molar-refractivity contribution in [1.29, 1.82) is 0 Å². The van der Waals surface area contributed by atoms with E-state index in [0.717, 1.165) is 17.2 Å². The average Bonchev–Trinajstić information content (AvgIpc) is 3.15. The smallest absolute Gasteiger partial charge is 0.293 e. The molecule has 0 saturated heterocycles. The molecule has 0 unspecified atom stereocenters. The highest BCUT2D eigenvalue weighted by molar-refractivity contribution is 7.90. The van der Waals surface area contributed by atoms with Gasteiger partial charge in [-0.1, -0.05) is 22.9 Å². The van der Waals surface area contributed by atoms with Crippen molar-refractivity contribution in [2.75, 3.05) is 11.6 Å². The lowest BCUT2D eigenvalue weighted by Gasteiger charge is -1.98. The van der Waals surface area contributed by atoms with Gasteiger partial charge in [0, 0.05) is 22.2 Å². The number of furan rings is 1. The third-order valence-corrected chi connectivity index (χ3v) is 6.88. The van der Waals surface area contributed by atoms with E-state index in [1.165, 1.54) is 17.4 Å². The van der Waals surface area contributed by atoms with E-state index in [-0.39, 0.29) is 10.7 Å². The molecule has 0 aliphatic heterocycles. The number of hydrogen-bond acceptors (Lipinski definition) is 6. The van der Waals surface area contributed by atoms with Crippen LogP contribution in [0, 0.1) is 13.8 Å². The zero-order valence-corrected chi connectivity index (χ0v) is 17.6. The van der Waals surface area contributed by atoms with Crippen LogP contribution in [0.4, 0.5) is 5.13 Å². The van der Waals surface area contributed by atoms with Crippen molar-refractivity contribution in [2.24, 2.45) is 0 Å². The van der Waals surface area contributed by atoms with Crippen LogP contribution in [-0.2, 0) is 9.84 Å². The minimum Gasteiger partial charge on any atom is -0.451 e. The van der Waals surface area contributed by atoms with E-state index >= 15 is 0 Å². The predicted octanol–water partition coefficient (Wildman–Crippen LogP) is 4.97. The number of sulfone groups is 1. The number of hydrogen-bond donors (Lipinski definition) is 1. The summed E-state index contributed by atoms with van der Waals surface area (Å²) in [5.41, 5.74) is 2.75. The average molecular weight is 435 g/mol. The Labute approximate surface area is 170 Å². The lowest BCUT2D eigenvalue weighted by molar-refractivity contribution is 0.0998. The predicted molar refractivity (Wildman–Crippen MR) is 111 cm³/mol. The Kier molecular flexibility index (Phi) is 4.45. The molecule has 9 heteroatoms. The Hall–Kier alpha value is -2.42. The highest BCUT2D eigenvalue weighted by atomic mass is 35.5. The summed E-state index contributed by atoms with van der Waals surface area (Å²) in [5.74, 6) is -0.238. The number of amides is 1. The Balaban J connectivity index is 1.68. The molecule has 28 heavy (non-hydrogen) atoms. The lowest BCUT2D eigenvalue weighted by atomic mass is 10.1. The van der Waals surface area contributed by atoms with Gasteiger partial charge in [-0.25, -0.2) is 13.4 Å². The highest BCUT2D eigenvalue weighted by Crippen LogP contribution is 2.32. The third kappa shape index (κ3) is 3.28. The highest BCUT2D eigenvalue weighted by Gasteiger charge is 2.20. The number of thiazole rings is 1. The molecular weight excluding hydrogens is 420 g/mol. The van der Waals surface area contributed by atoms with Crippen molar-refractivity contribution in [1.82, 2.24) is 4.98 Å². The second-order valence-electron chi connectivity index (χ2n) is 6.53. The number of carbonyl (C=O) groups is 1. The van der Waals surface area contributed by atoms with E-state index in [1.54, 1.807) is 31.2 Å². The molecule has 1 N–H and O–H groups in total. The van der Waals surface area contributed by atoms with Crippen LogP contribution < -0.4 is 5.32 Å². The molecule has 0 spiro atoms. The summed E-state index contributed by atoms with van der Waals surface area (Å²) in [7, 11) is -3.31. The molecule has 4 rings (SSSR count). The van der Waals surface area contributed by atoms with E-state index in [2.05, 4.69) is 10.3 Å². The molecule has 0 fully saturated rings. The summed E-state index contributed by atoms with van der Waals surface area (Å²) in [5, 5.41) is 4.48. The van der Waals surface area contributed by atoms with Gasteiger partial charge in [0.1, 0.15) is 5.58 Å². The maximum absolute atomic E-state index is 12.7. The second kappa shape index (κ2) is 6.58. The summed E-state index contributed by atoms with van der Waals surface area (Å²) < 4.78 is 29.8. The van der Waals surface area contributed by atoms with Crippen LogP contribution in [0.3, 0.4) is 0 Å². The van der Waals surface area contributed by atoms with Gasteiger partial charge in [-0.2, -0.15) is 0 Å². The number of halogens is 1. The Morgan fingerprint density at radius 3 is 2.68 bits per heavy atom. The van der Waals surface area contributed by atoms with E-state index in [1.807, 2.05) is 6.92 Å². The topological polar surface area (TPSA) is 89.3 Å². The lowest BCUT2D eigenvalue weighted by Crippen LogP contribution is -2.11. The summed E-state index contributed by atoms with van der Waals surface area (Å²) in [6, 6.07) is 8.25. The molecule has 0 atom stereocenters. The molecule has 0 aliphatic carbocycles. The largest absolute Gasteiger partial charge is 0.451 e. The summed E-state index contributed by atoms with van der Waals surface area (Å²) >= 11 is 7.37. The monoisotopic (exact) mass is 434 g/mol. The van der Waals surface area contributed by atoms with Gasteiger partial charge in [-0.15, -0.1) is 0 Å². The van der Waals surface area contributed by atoms with Gasteiger partial charge < -0.3 is 4.42 Å². The first-order chi connectivity index (χ1) is 13.1. The molecule has 0 aliphatic rings. The molecule has 2 aromatic carbocycles. The number of anilines is 1. The zero-order chi connectivity index (χ0) is 20.2. The van der Waals surface area contributed by atoms with Crippen molar-refractivity contribution < 1.29 is 17.6 Å². The van der Waals surface area contributed by atoms with Crippen molar-refractivity contribution in [3.8, 4) is 0 Å². The molecule has 0 bridgehead atoms. The van der Waals surface area contributed by atoms with Crippen LogP contribution in [0.5, 0.6) is 0 Å². The van der Waals surface area contributed by atoms with Crippen molar-refractivity contribution in [3.05, 3.63) is 52.2 Å². The van der Waals surface area contributed by atoms with Gasteiger partial charge >= 0.3 is 0 Å². The maximum atomic E-state index is 12.7. The van der Waals surface area contributed by atoms with Gasteiger partial charge in [-0.3, -0.25) is 10.1 Å². The number of rotatable bonds is 3. The van der Waals surface area contributed by atoms with Crippen LogP contribution in [0.25, 0.3) is 21.2 Å². The number of aromatic nitrogens is 1. The molecule has 1 amide bonds. The van der Waals surface area contributed by atoms with Crippen LogP contribution >= 0.6 is 22.9 Å². The molecule has 4 aromatic rings. The Morgan fingerprint density at radius 1 is 1.21 bits per heavy atom. The first-order valence-electron chi connectivity index (χ1n) is 8.25. The van der Waals surface area contributed by atoms with E-state index < -0.39 is 15.7 Å². The number of aryl methyl sites for hydroxylation is 2. The zero-order valence-electron chi connectivity index (χ0n) is 15.2. The maximum Gasteiger partial charge on any atom is 0.293 e. The molecule has 6 nitrogen and oxygen atoms in total. The summed E-state index contributed by atoms with van der Waals surface area (Å²) in [4.78, 5) is 17.3. The molecule has 0 saturated carbocycles. The van der Waals surface area contributed by atoms with Crippen LogP contribution in [-0.4, -0.2) is 25.6 Å². The van der Waals surface area contributed by atoms with Crippen molar-refractivity contribution in [2.45, 2.75) is 18.7 Å². The number of benzene rings is 2. The molecule has 0 radical (unpaired) electrons. The van der Waals surface area contributed by atoms with E-state index in [0.29, 0.717) is 31.5 Å². The molecule has 2 aromatic heterocycles. The first kappa shape index (κ1) is 18.9. The number of carbonyl (C=O) groups excluding carboxylic acids is 1. The third-order valence-electron chi connectivity index (χ3n) is 4.43. The van der Waals surface area contributed by atoms with E-state index in [4.69, 9.17) is 16.0 Å². The Bertz CT molecular complexity index is 1370. The van der Waals surface area contributed by atoms with E-state index in [9.17, 15) is 13.2 Å². The fourth-order valence-corrected chi connectivity index (χ4v) is 4.69. The standard InChI is InChI=1S/C19H15ClN2O4S2/c1-9-6-15-12(8-13(9)20)10(2)17(26-15)18(23)22-19-21-14-5-4-11(28(3,24)25)7-16(14)27-19/h4-8H,1-3H3,(H,21,22,23). The van der Waals surface area contributed by atoms with Gasteiger partial charge in [0.25, 0.3) is 5.91 Å². The SMILES string of the molecule is Cc1cc2oc(C(=O)Nc3nc4ccc(S(C)(=O)=O)cc4s3)c(C)c2cc1Cl. The molecule has 2 heterocycles. The van der Waals surface area contributed by atoms with Crippen LogP contribution in [0.2, 0.25) is 5.02 Å². The molecule has 144 valence electrons. The number of nitrogens with zero attached hydrogens (tertiary/aromatic N) is 1. The fraction of sp³-hybridized carbons (Fsp3) is 0.158. The van der Waals surface area contributed by atoms with Gasteiger partial charge in [-0.05, 0) is 49.7 Å². The normalized spacial score (nSPS) is 12.0. The van der Waals surface area contributed by atoms with Gasteiger partial charge in [0.2, 0.25) is 0 Å². The minimum atomic E-state index is -3.31. The van der Waals surface area contributed by atoms with Crippen LogP contribution in [0.15, 0.2) is 39.6 Å². The number of fused-ring (bicyclic) bond motifs is 2. The van der Waals surface area contributed by atoms with Gasteiger partial charge in [0.15, 0.2) is 20.7 Å². The second-order valence-corrected chi connectivity index (χ2v) is 9.98. The molecular formula is C19H15ClN2O4S2. The number of nitrogens with one attached hydrogen (secondary N) is 1. The fourth-order valence-electron chi connectivity index (χ4n) is 2.90. The van der Waals surface area contributed by atoms with Crippen molar-refractivity contribution in [3.63, 3.8) is 0 Å². The Morgan fingerprint density at radius 2 is 1.96 bits per heavy atom.